The smallest absolute Gasteiger partial charge is 0.319 e. The van der Waals surface area contributed by atoms with E-state index in [9.17, 15) is 21.6 Å². The van der Waals surface area contributed by atoms with E-state index in [-0.39, 0.29) is 22.9 Å². The fourth-order valence-electron chi connectivity index (χ4n) is 2.55. The Morgan fingerprint density at radius 3 is 2.10 bits per heavy atom. The predicted molar refractivity (Wildman–Crippen MR) is 117 cm³/mol. The Hall–Kier alpha value is -2.63. The zero-order valence-electron chi connectivity index (χ0n) is 16.6. The molecule has 0 saturated carbocycles. The van der Waals surface area contributed by atoms with Crippen LogP contribution < -0.4 is 20.5 Å². The number of rotatable bonds is 10. The van der Waals surface area contributed by atoms with Gasteiger partial charge in [-0.05, 0) is 54.8 Å². The van der Waals surface area contributed by atoms with E-state index in [1.807, 2.05) is 12.1 Å². The molecule has 0 saturated heterocycles. The number of nitrogens with two attached hydrogens (primary N) is 1. The number of primary sulfonamides is 1. The minimum absolute atomic E-state index is 0.106. The van der Waals surface area contributed by atoms with Crippen molar-refractivity contribution in [3.8, 4) is 0 Å². The highest BCUT2D eigenvalue weighted by Crippen LogP contribution is 2.14. The molecule has 2 rings (SSSR count). The molecule has 0 aliphatic carbocycles. The van der Waals surface area contributed by atoms with E-state index in [0.29, 0.717) is 5.69 Å². The lowest BCUT2D eigenvalue weighted by Crippen LogP contribution is -2.34. The van der Waals surface area contributed by atoms with Crippen LogP contribution >= 0.6 is 0 Å². The van der Waals surface area contributed by atoms with Crippen molar-refractivity contribution in [3.63, 3.8) is 0 Å². The number of hydrogen-bond acceptors (Lipinski definition) is 5. The second-order valence-electron chi connectivity index (χ2n) is 6.67. The Morgan fingerprint density at radius 1 is 0.933 bits per heavy atom. The Bertz CT molecular complexity index is 1050. The molecule has 0 heterocycles. The third-order valence-corrected chi connectivity index (χ3v) is 6.36. The first-order valence-corrected chi connectivity index (χ1v) is 12.6. The highest BCUT2D eigenvalue weighted by Gasteiger charge is 2.13. The molecule has 0 fully saturated rings. The molecule has 0 aromatic heterocycles. The van der Waals surface area contributed by atoms with E-state index in [4.69, 9.17) is 5.14 Å². The lowest BCUT2D eigenvalue weighted by Gasteiger charge is -2.10. The minimum atomic E-state index is -3.85. The van der Waals surface area contributed by atoms with Crippen LogP contribution in [0, 0.1) is 0 Å². The van der Waals surface area contributed by atoms with Crippen molar-refractivity contribution in [2.45, 2.75) is 31.1 Å². The third kappa shape index (κ3) is 8.01. The number of aryl methyl sites for hydroxylation is 1. The Kier molecular flexibility index (Phi) is 8.21. The van der Waals surface area contributed by atoms with Gasteiger partial charge in [-0.2, -0.15) is 0 Å². The number of unbranched alkanes of at least 4 members (excludes halogenated alkanes) is 1. The van der Waals surface area contributed by atoms with Gasteiger partial charge in [-0.25, -0.2) is 26.8 Å². The standard InChI is InChI=1S/C19H26N4O5S2/c1-2-3-4-15-5-7-16(8-6-15)22-19(24)21-13-14-29(25,26)23-17-9-11-18(12-10-17)30(20,27)28/h5-12,23H,2-4,13-14H2,1H3,(H2,20,27,28)(H2,21,22,24). The van der Waals surface area contributed by atoms with Gasteiger partial charge >= 0.3 is 6.03 Å². The van der Waals surface area contributed by atoms with E-state index < -0.39 is 26.1 Å². The average molecular weight is 455 g/mol. The Labute approximate surface area is 177 Å². The maximum atomic E-state index is 12.1. The lowest BCUT2D eigenvalue weighted by atomic mass is 10.1. The largest absolute Gasteiger partial charge is 0.337 e. The summed E-state index contributed by atoms with van der Waals surface area (Å²) in [5.74, 6) is -0.354. The molecular weight excluding hydrogens is 428 g/mol. The fourth-order valence-corrected chi connectivity index (χ4v) is 4.04. The topological polar surface area (TPSA) is 147 Å². The summed E-state index contributed by atoms with van der Waals surface area (Å²) in [7, 11) is -7.59. The summed E-state index contributed by atoms with van der Waals surface area (Å²) in [4.78, 5) is 11.8. The molecule has 9 nitrogen and oxygen atoms in total. The molecular formula is C19H26N4O5S2. The summed E-state index contributed by atoms with van der Waals surface area (Å²) in [5.41, 5.74) is 2.00. The van der Waals surface area contributed by atoms with Crippen LogP contribution in [-0.4, -0.2) is 35.2 Å². The van der Waals surface area contributed by atoms with E-state index >= 15 is 0 Å². The number of sulfonamides is 2. The van der Waals surface area contributed by atoms with Crippen LogP contribution in [0.25, 0.3) is 0 Å². The summed E-state index contributed by atoms with van der Waals surface area (Å²) < 4.78 is 49.0. The maximum absolute atomic E-state index is 12.1. The van der Waals surface area contributed by atoms with E-state index in [1.165, 1.54) is 29.8 Å². The quantitative estimate of drug-likeness (QED) is 0.435. The second-order valence-corrected chi connectivity index (χ2v) is 10.1. The summed E-state index contributed by atoms with van der Waals surface area (Å²) in [6, 6.07) is 12.0. The number of amides is 2. The lowest BCUT2D eigenvalue weighted by molar-refractivity contribution is 0.252. The van der Waals surface area contributed by atoms with Crippen LogP contribution in [0.1, 0.15) is 25.3 Å². The minimum Gasteiger partial charge on any atom is -0.337 e. The van der Waals surface area contributed by atoms with Gasteiger partial charge in [0.1, 0.15) is 0 Å². The van der Waals surface area contributed by atoms with Crippen LogP contribution in [0.15, 0.2) is 53.4 Å². The molecule has 5 N–H and O–H groups in total. The summed E-state index contributed by atoms with van der Waals surface area (Å²) in [6.45, 7) is 2.02. The molecule has 2 aromatic carbocycles. The first-order chi connectivity index (χ1) is 14.1. The summed E-state index contributed by atoms with van der Waals surface area (Å²) in [5, 5.41) is 10.1. The highest BCUT2D eigenvalue weighted by molar-refractivity contribution is 7.92. The fraction of sp³-hybridized carbons (Fsp3) is 0.316. The normalized spacial score (nSPS) is 11.7. The summed E-state index contributed by atoms with van der Waals surface area (Å²) in [6.07, 6.45) is 3.20. The SMILES string of the molecule is CCCCc1ccc(NC(=O)NCCS(=O)(=O)Nc2ccc(S(N)(=O)=O)cc2)cc1. The van der Waals surface area contributed by atoms with Gasteiger partial charge in [0.2, 0.25) is 20.0 Å². The number of nitrogens with one attached hydrogen (secondary N) is 3. The maximum Gasteiger partial charge on any atom is 0.319 e. The molecule has 2 amide bonds. The van der Waals surface area contributed by atoms with E-state index in [1.54, 1.807) is 12.1 Å². The molecule has 0 aliphatic rings. The van der Waals surface area contributed by atoms with Crippen molar-refractivity contribution >= 4 is 37.5 Å². The van der Waals surface area contributed by atoms with Crippen LogP contribution in [0.4, 0.5) is 16.2 Å². The van der Waals surface area contributed by atoms with Crippen molar-refractivity contribution in [1.82, 2.24) is 5.32 Å². The molecule has 2 aromatic rings. The molecule has 0 atom stereocenters. The molecule has 0 spiro atoms. The van der Waals surface area contributed by atoms with Crippen LogP contribution in [-0.2, 0) is 26.5 Å². The van der Waals surface area contributed by atoms with Gasteiger partial charge in [0.05, 0.1) is 10.6 Å². The Morgan fingerprint density at radius 2 is 1.53 bits per heavy atom. The van der Waals surface area contributed by atoms with Gasteiger partial charge in [0.25, 0.3) is 0 Å². The van der Waals surface area contributed by atoms with E-state index in [2.05, 4.69) is 22.3 Å². The van der Waals surface area contributed by atoms with Crippen molar-refractivity contribution in [3.05, 3.63) is 54.1 Å². The number of anilines is 2. The molecule has 164 valence electrons. The van der Waals surface area contributed by atoms with Gasteiger partial charge in [0.15, 0.2) is 0 Å². The van der Waals surface area contributed by atoms with Crippen molar-refractivity contribution in [2.24, 2.45) is 5.14 Å². The first-order valence-electron chi connectivity index (χ1n) is 9.36. The van der Waals surface area contributed by atoms with Gasteiger partial charge in [-0.1, -0.05) is 25.5 Å². The van der Waals surface area contributed by atoms with Gasteiger partial charge in [-0.3, -0.25) is 4.72 Å². The van der Waals surface area contributed by atoms with Crippen LogP contribution in [0.3, 0.4) is 0 Å². The molecule has 0 aliphatic heterocycles. The number of carbonyl (C=O) groups is 1. The highest BCUT2D eigenvalue weighted by atomic mass is 32.2. The molecule has 30 heavy (non-hydrogen) atoms. The predicted octanol–water partition coefficient (Wildman–Crippen LogP) is 2.24. The second kappa shape index (κ2) is 10.4. The van der Waals surface area contributed by atoms with Crippen LogP contribution in [0.5, 0.6) is 0 Å². The van der Waals surface area contributed by atoms with Crippen LogP contribution in [0.2, 0.25) is 0 Å². The van der Waals surface area contributed by atoms with Gasteiger partial charge < -0.3 is 10.6 Å². The van der Waals surface area contributed by atoms with Crippen molar-refractivity contribution in [1.29, 1.82) is 0 Å². The van der Waals surface area contributed by atoms with Crippen molar-refractivity contribution < 1.29 is 21.6 Å². The molecule has 0 bridgehead atoms. The molecule has 0 radical (unpaired) electrons. The summed E-state index contributed by atoms with van der Waals surface area (Å²) >= 11 is 0. The van der Waals surface area contributed by atoms with Gasteiger partial charge in [-0.15, -0.1) is 0 Å². The number of hydrogen-bond donors (Lipinski definition) is 4. The number of carbonyl (C=O) groups excluding carboxylic acids is 1. The monoisotopic (exact) mass is 454 g/mol. The average Bonchev–Trinajstić information content (AvgIpc) is 2.66. The number of urea groups is 1. The Balaban J connectivity index is 1.79. The molecule has 11 heteroatoms. The molecule has 0 unspecified atom stereocenters. The van der Waals surface area contributed by atoms with Gasteiger partial charge in [0, 0.05) is 17.9 Å². The zero-order valence-corrected chi connectivity index (χ0v) is 18.2. The third-order valence-electron chi connectivity index (χ3n) is 4.14. The number of benzene rings is 2. The first kappa shape index (κ1) is 23.6. The van der Waals surface area contributed by atoms with Crippen molar-refractivity contribution in [2.75, 3.05) is 22.3 Å². The zero-order chi connectivity index (χ0) is 22.2. The van der Waals surface area contributed by atoms with E-state index in [0.717, 1.165) is 19.3 Å².